The molecular weight excluding hydrogens is 385 g/mol. The van der Waals surface area contributed by atoms with E-state index in [1.54, 1.807) is 24.3 Å². The second-order valence-corrected chi connectivity index (χ2v) is 7.25. The fourth-order valence-corrected chi connectivity index (χ4v) is 3.80. The molecular formula is C24H24FNO4. The number of benzene rings is 3. The number of para-hydroxylation sites is 1. The molecule has 3 aromatic rings. The third kappa shape index (κ3) is 4.04. The van der Waals surface area contributed by atoms with Crippen LogP contribution in [0.15, 0.2) is 60.7 Å². The fraction of sp³-hybridized carbons (Fsp3) is 0.250. The van der Waals surface area contributed by atoms with Crippen molar-refractivity contribution in [1.29, 1.82) is 0 Å². The zero-order valence-electron chi connectivity index (χ0n) is 17.0. The average molecular weight is 409 g/mol. The van der Waals surface area contributed by atoms with Crippen molar-refractivity contribution in [2.75, 3.05) is 20.8 Å². The SMILES string of the molecule is COc1cc(CN2Cc3ccccc3OC(c3ccccc3F)C2)cc(OC)c1O. The highest BCUT2D eigenvalue weighted by atomic mass is 19.1. The van der Waals surface area contributed by atoms with Crippen LogP contribution >= 0.6 is 0 Å². The molecule has 0 amide bonds. The molecule has 30 heavy (non-hydrogen) atoms. The summed E-state index contributed by atoms with van der Waals surface area (Å²) in [6, 6.07) is 18.1. The first-order chi connectivity index (χ1) is 14.6. The van der Waals surface area contributed by atoms with Crippen LogP contribution in [-0.4, -0.2) is 30.8 Å². The zero-order valence-corrected chi connectivity index (χ0v) is 17.0. The second kappa shape index (κ2) is 8.63. The maximum absolute atomic E-state index is 14.5. The molecule has 1 aliphatic heterocycles. The number of fused-ring (bicyclic) bond motifs is 1. The highest BCUT2D eigenvalue weighted by Crippen LogP contribution is 2.38. The molecule has 1 heterocycles. The van der Waals surface area contributed by atoms with Crippen LogP contribution in [0.2, 0.25) is 0 Å². The molecule has 1 N–H and O–H groups in total. The van der Waals surface area contributed by atoms with Crippen LogP contribution < -0.4 is 14.2 Å². The van der Waals surface area contributed by atoms with Crippen molar-refractivity contribution in [3.63, 3.8) is 0 Å². The summed E-state index contributed by atoms with van der Waals surface area (Å²) in [5, 5.41) is 10.2. The lowest BCUT2D eigenvalue weighted by Gasteiger charge is -2.25. The van der Waals surface area contributed by atoms with E-state index in [-0.39, 0.29) is 11.6 Å². The Hall–Kier alpha value is -3.25. The van der Waals surface area contributed by atoms with Crippen LogP contribution in [0.4, 0.5) is 4.39 Å². The lowest BCUT2D eigenvalue weighted by Crippen LogP contribution is -2.28. The number of hydrogen-bond acceptors (Lipinski definition) is 5. The quantitative estimate of drug-likeness (QED) is 0.663. The highest BCUT2D eigenvalue weighted by molar-refractivity contribution is 5.52. The van der Waals surface area contributed by atoms with Gasteiger partial charge in [0.05, 0.1) is 14.2 Å². The Kier molecular flexibility index (Phi) is 5.77. The first kappa shape index (κ1) is 20.0. The van der Waals surface area contributed by atoms with Crippen molar-refractivity contribution >= 4 is 0 Å². The number of methoxy groups -OCH3 is 2. The molecule has 0 saturated carbocycles. The molecule has 1 aliphatic rings. The van der Waals surface area contributed by atoms with E-state index >= 15 is 0 Å². The van der Waals surface area contributed by atoms with Crippen molar-refractivity contribution in [1.82, 2.24) is 4.90 Å². The van der Waals surface area contributed by atoms with E-state index in [1.807, 2.05) is 30.3 Å². The van der Waals surface area contributed by atoms with Crippen molar-refractivity contribution in [3.8, 4) is 23.0 Å². The summed E-state index contributed by atoms with van der Waals surface area (Å²) in [6.07, 6.45) is -0.448. The summed E-state index contributed by atoms with van der Waals surface area (Å²) in [5.41, 5.74) is 2.47. The number of halogens is 1. The Morgan fingerprint density at radius 1 is 1.03 bits per heavy atom. The Bertz CT molecular complexity index is 1010. The zero-order chi connectivity index (χ0) is 21.1. The van der Waals surface area contributed by atoms with E-state index in [9.17, 15) is 9.50 Å². The minimum absolute atomic E-state index is 0.0301. The molecule has 0 saturated heterocycles. The summed E-state index contributed by atoms with van der Waals surface area (Å²) in [5.74, 6) is 1.14. The van der Waals surface area contributed by atoms with Gasteiger partial charge in [-0.3, -0.25) is 4.90 Å². The Morgan fingerprint density at radius 3 is 2.40 bits per heavy atom. The van der Waals surface area contributed by atoms with Crippen LogP contribution in [0.1, 0.15) is 22.8 Å². The Morgan fingerprint density at radius 2 is 1.70 bits per heavy atom. The summed E-state index contributed by atoms with van der Waals surface area (Å²) in [6.45, 7) is 1.70. The molecule has 0 aliphatic carbocycles. The monoisotopic (exact) mass is 409 g/mol. The van der Waals surface area contributed by atoms with Gasteiger partial charge < -0.3 is 19.3 Å². The van der Waals surface area contributed by atoms with E-state index in [1.165, 1.54) is 20.3 Å². The molecule has 0 radical (unpaired) electrons. The van der Waals surface area contributed by atoms with Gasteiger partial charge in [-0.2, -0.15) is 0 Å². The Balaban J connectivity index is 1.68. The lowest BCUT2D eigenvalue weighted by atomic mass is 10.1. The number of hydrogen-bond donors (Lipinski definition) is 1. The molecule has 0 bridgehead atoms. The third-order valence-corrected chi connectivity index (χ3v) is 5.26. The molecule has 0 spiro atoms. The molecule has 5 nitrogen and oxygen atoms in total. The normalized spacial score (nSPS) is 16.3. The fourth-order valence-electron chi connectivity index (χ4n) is 3.80. The van der Waals surface area contributed by atoms with Crippen LogP contribution in [0.3, 0.4) is 0 Å². The van der Waals surface area contributed by atoms with E-state index in [0.29, 0.717) is 36.7 Å². The number of rotatable bonds is 5. The van der Waals surface area contributed by atoms with E-state index in [2.05, 4.69) is 4.90 Å². The minimum atomic E-state index is -0.448. The highest BCUT2D eigenvalue weighted by Gasteiger charge is 2.26. The summed E-state index contributed by atoms with van der Waals surface area (Å²) in [7, 11) is 3.00. The average Bonchev–Trinajstić information content (AvgIpc) is 2.94. The summed E-state index contributed by atoms with van der Waals surface area (Å²) < 4.78 is 31.3. The topological polar surface area (TPSA) is 51.2 Å². The predicted octanol–water partition coefficient (Wildman–Crippen LogP) is 4.68. The van der Waals surface area contributed by atoms with Crippen molar-refractivity contribution in [2.45, 2.75) is 19.2 Å². The predicted molar refractivity (Wildman–Crippen MR) is 112 cm³/mol. The molecule has 1 unspecified atom stereocenters. The minimum Gasteiger partial charge on any atom is -0.502 e. The number of aromatic hydroxyl groups is 1. The van der Waals surface area contributed by atoms with Gasteiger partial charge in [-0.25, -0.2) is 4.39 Å². The van der Waals surface area contributed by atoms with Gasteiger partial charge in [-0.15, -0.1) is 0 Å². The van der Waals surface area contributed by atoms with Crippen LogP contribution in [-0.2, 0) is 13.1 Å². The number of nitrogens with zero attached hydrogens (tertiary/aromatic N) is 1. The molecule has 0 fully saturated rings. The van der Waals surface area contributed by atoms with Gasteiger partial charge in [-0.1, -0.05) is 36.4 Å². The van der Waals surface area contributed by atoms with E-state index in [0.717, 1.165) is 16.9 Å². The van der Waals surface area contributed by atoms with Gasteiger partial charge in [0.1, 0.15) is 17.7 Å². The first-order valence-electron chi connectivity index (χ1n) is 9.74. The van der Waals surface area contributed by atoms with Crippen molar-refractivity contribution < 1.29 is 23.7 Å². The van der Waals surface area contributed by atoms with Gasteiger partial charge in [0, 0.05) is 30.8 Å². The molecule has 6 heteroatoms. The number of phenols is 1. The van der Waals surface area contributed by atoms with Gasteiger partial charge in [-0.05, 0) is 29.8 Å². The maximum Gasteiger partial charge on any atom is 0.200 e. The van der Waals surface area contributed by atoms with Crippen LogP contribution in [0.25, 0.3) is 0 Å². The summed E-state index contributed by atoms with van der Waals surface area (Å²) in [4.78, 5) is 2.19. The molecule has 0 aromatic heterocycles. The molecule has 4 rings (SSSR count). The molecule has 1 atom stereocenters. The third-order valence-electron chi connectivity index (χ3n) is 5.26. The maximum atomic E-state index is 14.5. The number of ether oxygens (including phenoxy) is 3. The van der Waals surface area contributed by atoms with Gasteiger partial charge in [0.15, 0.2) is 11.5 Å². The van der Waals surface area contributed by atoms with E-state index < -0.39 is 6.10 Å². The Labute approximate surface area is 175 Å². The van der Waals surface area contributed by atoms with Crippen LogP contribution in [0, 0.1) is 5.82 Å². The van der Waals surface area contributed by atoms with Gasteiger partial charge in [0.25, 0.3) is 0 Å². The lowest BCUT2D eigenvalue weighted by molar-refractivity contribution is 0.140. The molecule has 3 aromatic carbocycles. The van der Waals surface area contributed by atoms with Gasteiger partial charge >= 0.3 is 0 Å². The standard InChI is InChI=1S/C24H24FNO4/c1-28-21-11-16(12-22(29-2)24(21)27)13-26-14-17-7-3-6-10-20(17)30-23(15-26)18-8-4-5-9-19(18)25/h3-12,23,27H,13-15H2,1-2H3. The smallest absolute Gasteiger partial charge is 0.200 e. The second-order valence-electron chi connectivity index (χ2n) is 7.25. The van der Waals surface area contributed by atoms with E-state index in [4.69, 9.17) is 14.2 Å². The first-order valence-corrected chi connectivity index (χ1v) is 9.74. The van der Waals surface area contributed by atoms with Crippen molar-refractivity contribution in [2.24, 2.45) is 0 Å². The number of phenolic OH excluding ortho intramolecular Hbond substituents is 1. The molecule has 156 valence electrons. The van der Waals surface area contributed by atoms with Gasteiger partial charge in [0.2, 0.25) is 5.75 Å². The van der Waals surface area contributed by atoms with Crippen molar-refractivity contribution in [3.05, 3.63) is 83.2 Å². The van der Waals surface area contributed by atoms with Crippen LogP contribution in [0.5, 0.6) is 23.0 Å². The largest absolute Gasteiger partial charge is 0.502 e. The summed E-state index contributed by atoms with van der Waals surface area (Å²) >= 11 is 0.